The smallest absolute Gasteiger partial charge is 0.325 e. The first kappa shape index (κ1) is 11.7. The lowest BCUT2D eigenvalue weighted by Gasteiger charge is -2.17. The molecule has 0 amide bonds. The minimum atomic E-state index is -0.310. The predicted octanol–water partition coefficient (Wildman–Crippen LogP) is 1.13. The average molecular weight is 230 g/mol. The number of anilines is 1. The summed E-state index contributed by atoms with van der Waals surface area (Å²) < 4.78 is 4.81. The first-order valence-corrected chi connectivity index (χ1v) is 4.85. The van der Waals surface area contributed by atoms with Gasteiger partial charge in [-0.15, -0.1) is 0 Å². The molecular formula is C9H12ClN3O2. The van der Waals surface area contributed by atoms with E-state index in [1.807, 2.05) is 0 Å². The van der Waals surface area contributed by atoms with Gasteiger partial charge in [-0.3, -0.25) is 4.79 Å². The van der Waals surface area contributed by atoms with Gasteiger partial charge >= 0.3 is 5.97 Å². The standard InChI is InChI=1S/C9H12ClN3O2/c1-3-15-8(14)5-13(2)9-7(10)4-11-6-12-9/h4,6H,3,5H2,1-2H3. The maximum atomic E-state index is 11.2. The Labute approximate surface area is 93.0 Å². The van der Waals surface area contributed by atoms with Crippen LogP contribution >= 0.6 is 11.6 Å². The van der Waals surface area contributed by atoms with Gasteiger partial charge in [0.2, 0.25) is 0 Å². The van der Waals surface area contributed by atoms with Gasteiger partial charge in [-0.1, -0.05) is 11.6 Å². The summed E-state index contributed by atoms with van der Waals surface area (Å²) in [6, 6.07) is 0. The molecule has 82 valence electrons. The number of rotatable bonds is 4. The summed E-state index contributed by atoms with van der Waals surface area (Å²) in [7, 11) is 1.71. The van der Waals surface area contributed by atoms with Crippen LogP contribution < -0.4 is 4.90 Å². The van der Waals surface area contributed by atoms with Crippen molar-refractivity contribution in [3.63, 3.8) is 0 Å². The maximum Gasteiger partial charge on any atom is 0.325 e. The van der Waals surface area contributed by atoms with E-state index in [-0.39, 0.29) is 12.5 Å². The normalized spacial score (nSPS) is 9.80. The first-order chi connectivity index (χ1) is 7.15. The number of hydrogen-bond acceptors (Lipinski definition) is 5. The van der Waals surface area contributed by atoms with Crippen molar-refractivity contribution in [3.8, 4) is 0 Å². The zero-order valence-electron chi connectivity index (χ0n) is 8.61. The largest absolute Gasteiger partial charge is 0.465 e. The second kappa shape index (κ2) is 5.50. The number of nitrogens with zero attached hydrogens (tertiary/aromatic N) is 3. The van der Waals surface area contributed by atoms with Crippen LogP contribution in [0.15, 0.2) is 12.5 Å². The van der Waals surface area contributed by atoms with E-state index in [1.165, 1.54) is 12.5 Å². The number of esters is 1. The molecule has 1 heterocycles. The Bertz CT molecular complexity index is 346. The highest BCUT2D eigenvalue weighted by atomic mass is 35.5. The minimum Gasteiger partial charge on any atom is -0.465 e. The molecule has 1 aromatic heterocycles. The molecule has 6 heteroatoms. The van der Waals surface area contributed by atoms with E-state index in [0.29, 0.717) is 17.4 Å². The van der Waals surface area contributed by atoms with Crippen LogP contribution in [0.5, 0.6) is 0 Å². The van der Waals surface area contributed by atoms with Gasteiger partial charge in [-0.2, -0.15) is 0 Å². The van der Waals surface area contributed by atoms with Gasteiger partial charge < -0.3 is 9.64 Å². The Morgan fingerprint density at radius 2 is 2.40 bits per heavy atom. The fourth-order valence-electron chi connectivity index (χ4n) is 1.06. The Balaban J connectivity index is 2.65. The Kier molecular flexibility index (Phi) is 4.30. The number of carbonyl (C=O) groups excluding carboxylic acids is 1. The average Bonchev–Trinajstić information content (AvgIpc) is 2.18. The highest BCUT2D eigenvalue weighted by Crippen LogP contribution is 2.19. The molecular weight excluding hydrogens is 218 g/mol. The maximum absolute atomic E-state index is 11.2. The number of hydrogen-bond donors (Lipinski definition) is 0. The quantitative estimate of drug-likeness (QED) is 0.725. The summed E-state index contributed by atoms with van der Waals surface area (Å²) >= 11 is 5.86. The van der Waals surface area contributed by atoms with Crippen molar-refractivity contribution >= 4 is 23.4 Å². The molecule has 0 aromatic carbocycles. The van der Waals surface area contributed by atoms with E-state index in [1.54, 1.807) is 18.9 Å². The van der Waals surface area contributed by atoms with Gasteiger partial charge in [0.05, 0.1) is 12.8 Å². The molecule has 0 bridgehead atoms. The molecule has 0 atom stereocenters. The zero-order chi connectivity index (χ0) is 11.3. The third-order valence-electron chi connectivity index (χ3n) is 1.68. The van der Waals surface area contributed by atoms with E-state index in [0.717, 1.165) is 0 Å². The van der Waals surface area contributed by atoms with Crippen LogP contribution in [0.2, 0.25) is 5.02 Å². The van der Waals surface area contributed by atoms with Crippen molar-refractivity contribution in [1.82, 2.24) is 9.97 Å². The zero-order valence-corrected chi connectivity index (χ0v) is 9.36. The number of aromatic nitrogens is 2. The third kappa shape index (κ3) is 3.36. The third-order valence-corrected chi connectivity index (χ3v) is 1.95. The first-order valence-electron chi connectivity index (χ1n) is 4.47. The monoisotopic (exact) mass is 229 g/mol. The van der Waals surface area contributed by atoms with Crippen LogP contribution in [0.4, 0.5) is 5.82 Å². The Morgan fingerprint density at radius 3 is 3.00 bits per heavy atom. The highest BCUT2D eigenvalue weighted by Gasteiger charge is 2.11. The lowest BCUT2D eigenvalue weighted by atomic mass is 10.5. The molecule has 1 rings (SSSR count). The Morgan fingerprint density at radius 1 is 1.67 bits per heavy atom. The van der Waals surface area contributed by atoms with Crippen molar-refractivity contribution in [1.29, 1.82) is 0 Å². The summed E-state index contributed by atoms with van der Waals surface area (Å²) in [6.07, 6.45) is 2.86. The van der Waals surface area contributed by atoms with E-state index >= 15 is 0 Å². The van der Waals surface area contributed by atoms with E-state index in [4.69, 9.17) is 16.3 Å². The van der Waals surface area contributed by atoms with Crippen LogP contribution in [-0.4, -0.2) is 36.1 Å². The second-order valence-corrected chi connectivity index (χ2v) is 3.26. The molecule has 15 heavy (non-hydrogen) atoms. The minimum absolute atomic E-state index is 0.116. The van der Waals surface area contributed by atoms with Crippen molar-refractivity contribution in [2.24, 2.45) is 0 Å². The molecule has 0 spiro atoms. The molecule has 0 aliphatic rings. The van der Waals surface area contributed by atoms with Crippen LogP contribution in [-0.2, 0) is 9.53 Å². The lowest BCUT2D eigenvalue weighted by molar-refractivity contribution is -0.141. The molecule has 1 aromatic rings. The van der Waals surface area contributed by atoms with E-state index in [9.17, 15) is 4.79 Å². The van der Waals surface area contributed by atoms with E-state index in [2.05, 4.69) is 9.97 Å². The topological polar surface area (TPSA) is 55.3 Å². The predicted molar refractivity (Wildman–Crippen MR) is 56.9 cm³/mol. The van der Waals surface area contributed by atoms with Crippen molar-refractivity contribution in [3.05, 3.63) is 17.5 Å². The summed E-state index contributed by atoms with van der Waals surface area (Å²) in [4.78, 5) is 20.5. The molecule has 5 nitrogen and oxygen atoms in total. The molecule has 0 unspecified atom stereocenters. The van der Waals surface area contributed by atoms with Gasteiger partial charge in [-0.05, 0) is 6.92 Å². The molecule has 0 radical (unpaired) electrons. The fourth-order valence-corrected chi connectivity index (χ4v) is 1.31. The van der Waals surface area contributed by atoms with Crippen molar-refractivity contribution in [2.75, 3.05) is 25.1 Å². The van der Waals surface area contributed by atoms with Crippen molar-refractivity contribution < 1.29 is 9.53 Å². The van der Waals surface area contributed by atoms with Gasteiger partial charge in [0.15, 0.2) is 5.82 Å². The van der Waals surface area contributed by atoms with Crippen molar-refractivity contribution in [2.45, 2.75) is 6.92 Å². The molecule has 0 saturated heterocycles. The van der Waals surface area contributed by atoms with Gasteiger partial charge in [0.1, 0.15) is 17.9 Å². The molecule has 0 saturated carbocycles. The van der Waals surface area contributed by atoms with Crippen LogP contribution in [0.25, 0.3) is 0 Å². The number of likely N-dealkylation sites (N-methyl/N-ethyl adjacent to an activating group) is 1. The number of ether oxygens (including phenoxy) is 1. The number of carbonyl (C=O) groups is 1. The van der Waals surface area contributed by atoms with Crippen LogP contribution in [0.1, 0.15) is 6.92 Å². The molecule has 0 aliphatic carbocycles. The van der Waals surface area contributed by atoms with Gasteiger partial charge in [-0.25, -0.2) is 9.97 Å². The molecule has 0 N–H and O–H groups in total. The lowest BCUT2D eigenvalue weighted by Crippen LogP contribution is -2.28. The SMILES string of the molecule is CCOC(=O)CN(C)c1ncncc1Cl. The van der Waals surface area contributed by atoms with E-state index < -0.39 is 0 Å². The second-order valence-electron chi connectivity index (χ2n) is 2.86. The van der Waals surface area contributed by atoms with Gasteiger partial charge in [0, 0.05) is 7.05 Å². The summed E-state index contributed by atoms with van der Waals surface area (Å²) in [5.74, 6) is 0.203. The van der Waals surface area contributed by atoms with Crippen LogP contribution in [0.3, 0.4) is 0 Å². The molecule has 0 aliphatic heterocycles. The summed E-state index contributed by atoms with van der Waals surface area (Å²) in [6.45, 7) is 2.24. The molecule has 0 fully saturated rings. The summed E-state index contributed by atoms with van der Waals surface area (Å²) in [5.41, 5.74) is 0. The Hall–Kier alpha value is -1.36. The highest BCUT2D eigenvalue weighted by molar-refractivity contribution is 6.32. The van der Waals surface area contributed by atoms with Crippen LogP contribution in [0, 0.1) is 0 Å². The number of halogens is 1. The fraction of sp³-hybridized carbons (Fsp3) is 0.444. The summed E-state index contributed by atoms with van der Waals surface area (Å²) in [5, 5.41) is 0.407. The van der Waals surface area contributed by atoms with Gasteiger partial charge in [0.25, 0.3) is 0 Å².